The van der Waals surface area contributed by atoms with Crippen LogP contribution in [0.25, 0.3) is 0 Å². The van der Waals surface area contributed by atoms with Crippen LogP contribution < -0.4 is 10.5 Å². The van der Waals surface area contributed by atoms with Gasteiger partial charge in [0.25, 0.3) is 0 Å². The monoisotopic (exact) mass is 371 g/mol. The van der Waals surface area contributed by atoms with Crippen molar-refractivity contribution >= 4 is 22.6 Å². The second-order valence-electron chi connectivity index (χ2n) is 4.43. The fourth-order valence-electron chi connectivity index (χ4n) is 2.09. The van der Waals surface area contributed by atoms with Gasteiger partial charge in [0.05, 0.1) is 22.9 Å². The van der Waals surface area contributed by atoms with Crippen molar-refractivity contribution in [3.05, 3.63) is 45.8 Å². The Labute approximate surface area is 127 Å². The van der Waals surface area contributed by atoms with E-state index in [9.17, 15) is 0 Å². The molecule has 0 aliphatic heterocycles. The molecule has 0 radical (unpaired) electrons. The Morgan fingerprint density at radius 2 is 2.05 bits per heavy atom. The molecule has 0 amide bonds. The number of hydrogen-bond acceptors (Lipinski definition) is 3. The van der Waals surface area contributed by atoms with E-state index in [2.05, 4.69) is 34.6 Å². The number of ether oxygens (including phenoxy) is 1. The minimum absolute atomic E-state index is 0.0316. The largest absolute Gasteiger partial charge is 0.497 e. The molecule has 0 bridgehead atoms. The summed E-state index contributed by atoms with van der Waals surface area (Å²) < 4.78 is 8.24. The summed E-state index contributed by atoms with van der Waals surface area (Å²) in [5, 5.41) is 4.40. The predicted molar refractivity (Wildman–Crippen MR) is 84.3 cm³/mol. The summed E-state index contributed by atoms with van der Waals surface area (Å²) >= 11 is 2.26. The minimum Gasteiger partial charge on any atom is -0.497 e. The Kier molecular flexibility index (Phi) is 4.81. The quantitative estimate of drug-likeness (QED) is 0.823. The van der Waals surface area contributed by atoms with Gasteiger partial charge in [-0.1, -0.05) is 19.1 Å². The lowest BCUT2D eigenvalue weighted by Gasteiger charge is -2.24. The molecule has 0 saturated heterocycles. The maximum Gasteiger partial charge on any atom is 0.118 e. The average Bonchev–Trinajstić information content (AvgIpc) is 2.86. The van der Waals surface area contributed by atoms with E-state index in [-0.39, 0.29) is 12.1 Å². The van der Waals surface area contributed by atoms with Crippen LogP contribution in [-0.2, 0) is 0 Å². The predicted octanol–water partition coefficient (Wildman–Crippen LogP) is 2.82. The second kappa shape index (κ2) is 6.38. The highest BCUT2D eigenvalue weighted by molar-refractivity contribution is 14.1. The molecular weight excluding hydrogens is 353 g/mol. The number of nitrogens with zero attached hydrogens (tertiary/aromatic N) is 2. The van der Waals surface area contributed by atoms with Crippen LogP contribution in [0, 0.1) is 3.57 Å². The Morgan fingerprint density at radius 1 is 1.37 bits per heavy atom. The highest BCUT2D eigenvalue weighted by Crippen LogP contribution is 2.25. The van der Waals surface area contributed by atoms with Gasteiger partial charge >= 0.3 is 0 Å². The first-order valence-electron chi connectivity index (χ1n) is 6.25. The molecule has 5 heteroatoms. The summed E-state index contributed by atoms with van der Waals surface area (Å²) in [5.41, 5.74) is 7.41. The van der Waals surface area contributed by atoms with Gasteiger partial charge in [-0.3, -0.25) is 4.68 Å². The van der Waals surface area contributed by atoms with Gasteiger partial charge < -0.3 is 10.5 Å². The van der Waals surface area contributed by atoms with E-state index in [1.54, 1.807) is 7.11 Å². The molecule has 19 heavy (non-hydrogen) atoms. The Balaban J connectivity index is 2.36. The number of halogens is 1. The van der Waals surface area contributed by atoms with E-state index in [0.29, 0.717) is 0 Å². The third-order valence-corrected chi connectivity index (χ3v) is 3.75. The summed E-state index contributed by atoms with van der Waals surface area (Å²) in [6, 6.07) is 8.10. The molecule has 0 fully saturated rings. The Morgan fingerprint density at radius 3 is 2.53 bits per heavy atom. The van der Waals surface area contributed by atoms with Crippen LogP contribution in [0.1, 0.15) is 24.9 Å². The van der Waals surface area contributed by atoms with Crippen molar-refractivity contribution in [3.63, 3.8) is 0 Å². The van der Waals surface area contributed by atoms with Gasteiger partial charge in [-0.25, -0.2) is 0 Å². The number of nitrogens with two attached hydrogens (primary N) is 1. The number of benzene rings is 1. The first-order chi connectivity index (χ1) is 9.15. The van der Waals surface area contributed by atoms with Crippen LogP contribution in [0.4, 0.5) is 0 Å². The smallest absolute Gasteiger partial charge is 0.118 e. The van der Waals surface area contributed by atoms with Crippen molar-refractivity contribution in [2.75, 3.05) is 7.11 Å². The normalized spacial score (nSPS) is 14.1. The number of hydrogen-bond donors (Lipinski definition) is 1. The summed E-state index contributed by atoms with van der Waals surface area (Å²) in [5.74, 6) is 0.850. The van der Waals surface area contributed by atoms with E-state index < -0.39 is 0 Å². The van der Waals surface area contributed by atoms with Crippen LogP contribution in [0.2, 0.25) is 0 Å². The molecule has 102 valence electrons. The molecule has 0 saturated carbocycles. The third-order valence-electron chi connectivity index (χ3n) is 3.19. The molecule has 0 aliphatic carbocycles. The molecule has 0 aliphatic rings. The molecule has 0 spiro atoms. The van der Waals surface area contributed by atoms with Crippen molar-refractivity contribution in [3.8, 4) is 5.75 Å². The summed E-state index contributed by atoms with van der Waals surface area (Å²) in [6.07, 6.45) is 4.76. The molecule has 2 atom stereocenters. The number of aromatic nitrogens is 2. The maximum absolute atomic E-state index is 6.27. The molecule has 2 unspecified atom stereocenters. The van der Waals surface area contributed by atoms with Crippen LogP contribution in [-0.4, -0.2) is 22.9 Å². The van der Waals surface area contributed by atoms with E-state index in [0.717, 1.165) is 21.3 Å². The molecule has 4 nitrogen and oxygen atoms in total. The number of methoxy groups -OCH3 is 1. The molecule has 1 heterocycles. The average molecular weight is 371 g/mol. The first kappa shape index (κ1) is 14.3. The lowest BCUT2D eigenvalue weighted by molar-refractivity contribution is 0.410. The van der Waals surface area contributed by atoms with E-state index in [4.69, 9.17) is 10.5 Å². The zero-order valence-corrected chi connectivity index (χ0v) is 13.2. The molecule has 2 aromatic rings. The Hall–Kier alpha value is -1.08. The van der Waals surface area contributed by atoms with Gasteiger partial charge in [-0.2, -0.15) is 5.10 Å². The SMILES string of the molecule is CCC(N)C(c1ccc(OC)cc1)n1cc(I)cn1. The topological polar surface area (TPSA) is 53.1 Å². The lowest BCUT2D eigenvalue weighted by Crippen LogP contribution is -2.32. The molecular formula is C14H18IN3O. The van der Waals surface area contributed by atoms with Gasteiger partial charge in [0.2, 0.25) is 0 Å². The van der Waals surface area contributed by atoms with Crippen LogP contribution >= 0.6 is 22.6 Å². The molecule has 1 aromatic heterocycles. The first-order valence-corrected chi connectivity index (χ1v) is 7.32. The fourth-order valence-corrected chi connectivity index (χ4v) is 2.50. The van der Waals surface area contributed by atoms with Gasteiger partial charge in [0.15, 0.2) is 0 Å². The minimum atomic E-state index is 0.0316. The third kappa shape index (κ3) is 3.27. The molecule has 2 N–H and O–H groups in total. The molecule has 1 aromatic carbocycles. The van der Waals surface area contributed by atoms with Crippen LogP contribution in [0.15, 0.2) is 36.7 Å². The fraction of sp³-hybridized carbons (Fsp3) is 0.357. The van der Waals surface area contributed by atoms with E-state index in [1.165, 1.54) is 0 Å². The maximum atomic E-state index is 6.27. The standard InChI is InChI=1S/C14H18IN3O/c1-3-13(16)14(18-9-11(15)8-17-18)10-4-6-12(19-2)7-5-10/h4-9,13-14H,3,16H2,1-2H3. The second-order valence-corrected chi connectivity index (χ2v) is 5.67. The van der Waals surface area contributed by atoms with Gasteiger partial charge in [0, 0.05) is 12.2 Å². The van der Waals surface area contributed by atoms with Gasteiger partial charge in [0.1, 0.15) is 5.75 Å². The highest BCUT2D eigenvalue weighted by Gasteiger charge is 2.21. The van der Waals surface area contributed by atoms with Crippen molar-refractivity contribution < 1.29 is 4.74 Å². The van der Waals surface area contributed by atoms with Crippen molar-refractivity contribution in [1.29, 1.82) is 0 Å². The van der Waals surface area contributed by atoms with Gasteiger partial charge in [-0.15, -0.1) is 0 Å². The zero-order chi connectivity index (χ0) is 13.8. The summed E-state index contributed by atoms with van der Waals surface area (Å²) in [7, 11) is 1.67. The van der Waals surface area contributed by atoms with Crippen molar-refractivity contribution in [2.45, 2.75) is 25.4 Å². The van der Waals surface area contributed by atoms with Crippen LogP contribution in [0.5, 0.6) is 5.75 Å². The Bertz CT molecular complexity index is 524. The van der Waals surface area contributed by atoms with Gasteiger partial charge in [-0.05, 0) is 46.7 Å². The van der Waals surface area contributed by atoms with Crippen molar-refractivity contribution in [1.82, 2.24) is 9.78 Å². The van der Waals surface area contributed by atoms with Crippen molar-refractivity contribution in [2.24, 2.45) is 5.73 Å². The molecule has 2 rings (SSSR count). The lowest BCUT2D eigenvalue weighted by atomic mass is 9.98. The van der Waals surface area contributed by atoms with Crippen LogP contribution in [0.3, 0.4) is 0 Å². The number of rotatable bonds is 5. The summed E-state index contributed by atoms with van der Waals surface area (Å²) in [6.45, 7) is 2.09. The van der Waals surface area contributed by atoms with E-state index >= 15 is 0 Å². The summed E-state index contributed by atoms with van der Waals surface area (Å²) in [4.78, 5) is 0. The zero-order valence-electron chi connectivity index (χ0n) is 11.1. The van der Waals surface area contributed by atoms with E-state index in [1.807, 2.05) is 41.3 Å². The highest BCUT2D eigenvalue weighted by atomic mass is 127.